The molecule has 5 rings (SSSR count). The Morgan fingerprint density at radius 1 is 0.590 bits per heavy atom. The number of esters is 3. The van der Waals surface area contributed by atoms with Crippen LogP contribution >= 0.6 is 0 Å². The van der Waals surface area contributed by atoms with E-state index in [1.165, 1.54) is 0 Å². The van der Waals surface area contributed by atoms with Crippen molar-refractivity contribution >= 4 is 17.9 Å². The number of hydrogen-bond donors (Lipinski definition) is 1. The molecule has 1 aliphatic carbocycles. The summed E-state index contributed by atoms with van der Waals surface area (Å²) in [6.07, 6.45) is -7.69. The summed E-state index contributed by atoms with van der Waals surface area (Å²) in [5.41, 5.74) is 0.699. The number of carbonyl (C=O) groups is 3. The number of carbonyl (C=O) groups excluding carboxylic acids is 3. The summed E-state index contributed by atoms with van der Waals surface area (Å²) in [4.78, 5) is 39.4. The second kappa shape index (κ2) is 11.0. The van der Waals surface area contributed by atoms with Crippen LogP contribution < -0.4 is 0 Å². The summed E-state index contributed by atoms with van der Waals surface area (Å²) in [5.74, 6) is -3.39. The monoisotopic (exact) mass is 532 g/mol. The summed E-state index contributed by atoms with van der Waals surface area (Å²) in [5, 5.41) is 11.4. The van der Waals surface area contributed by atoms with Gasteiger partial charge < -0.3 is 28.8 Å². The van der Waals surface area contributed by atoms with E-state index >= 15 is 0 Å². The minimum absolute atomic E-state index is 0.222. The average Bonchev–Trinajstić information content (AvgIpc) is 3.29. The van der Waals surface area contributed by atoms with Crippen LogP contribution in [0.4, 0.5) is 0 Å². The second-order valence-corrected chi connectivity index (χ2v) is 9.76. The third-order valence-electron chi connectivity index (χ3n) is 6.57. The van der Waals surface area contributed by atoms with Gasteiger partial charge in [-0.2, -0.15) is 0 Å². The predicted octanol–water partition coefficient (Wildman–Crippen LogP) is 3.56. The first kappa shape index (κ1) is 26.6. The van der Waals surface area contributed by atoms with Gasteiger partial charge in [0.1, 0.15) is 18.3 Å². The molecule has 0 bridgehead atoms. The first-order chi connectivity index (χ1) is 18.7. The molecule has 2 aliphatic rings. The van der Waals surface area contributed by atoms with Gasteiger partial charge in [-0.1, -0.05) is 54.6 Å². The Hall–Kier alpha value is -4.05. The highest BCUT2D eigenvalue weighted by Crippen LogP contribution is 2.41. The number of ether oxygens (including phenoxy) is 5. The lowest BCUT2D eigenvalue weighted by Crippen LogP contribution is -2.65. The van der Waals surface area contributed by atoms with Crippen LogP contribution in [-0.2, 0) is 23.7 Å². The topological polar surface area (TPSA) is 118 Å². The minimum Gasteiger partial charge on any atom is -0.452 e. The van der Waals surface area contributed by atoms with Crippen molar-refractivity contribution in [3.63, 3.8) is 0 Å². The van der Waals surface area contributed by atoms with E-state index in [0.29, 0.717) is 0 Å². The lowest BCUT2D eigenvalue weighted by molar-refractivity contribution is -0.194. The molecule has 39 heavy (non-hydrogen) atoms. The van der Waals surface area contributed by atoms with Crippen LogP contribution in [0.15, 0.2) is 91.0 Å². The largest absolute Gasteiger partial charge is 0.452 e. The molecule has 9 nitrogen and oxygen atoms in total. The predicted molar refractivity (Wildman–Crippen MR) is 137 cm³/mol. The number of aliphatic hydroxyl groups is 1. The van der Waals surface area contributed by atoms with Gasteiger partial charge >= 0.3 is 17.9 Å². The molecule has 202 valence electrons. The molecule has 1 aliphatic heterocycles. The van der Waals surface area contributed by atoms with E-state index < -0.39 is 60.3 Å². The number of hydrogen-bond acceptors (Lipinski definition) is 9. The van der Waals surface area contributed by atoms with Gasteiger partial charge in [-0.25, -0.2) is 14.4 Å². The molecule has 0 radical (unpaired) electrons. The molecule has 1 heterocycles. The Morgan fingerprint density at radius 2 is 0.949 bits per heavy atom. The second-order valence-electron chi connectivity index (χ2n) is 9.76. The van der Waals surface area contributed by atoms with Gasteiger partial charge in [-0.05, 0) is 50.2 Å². The van der Waals surface area contributed by atoms with Gasteiger partial charge in [0, 0.05) is 0 Å². The summed E-state index contributed by atoms with van der Waals surface area (Å²) < 4.78 is 29.4. The maximum atomic E-state index is 13.2. The van der Waals surface area contributed by atoms with Crippen LogP contribution in [-0.4, -0.2) is 65.4 Å². The highest BCUT2D eigenvalue weighted by atomic mass is 16.8. The van der Waals surface area contributed by atoms with Crippen LogP contribution in [0.1, 0.15) is 44.9 Å². The molecule has 1 saturated heterocycles. The molecule has 6 atom stereocenters. The van der Waals surface area contributed by atoms with Crippen LogP contribution in [0, 0.1) is 0 Å². The Kier molecular flexibility index (Phi) is 7.47. The lowest BCUT2D eigenvalue weighted by atomic mass is 9.84. The van der Waals surface area contributed by atoms with Crippen molar-refractivity contribution in [2.24, 2.45) is 0 Å². The molecule has 0 aromatic heterocycles. The highest BCUT2D eigenvalue weighted by molar-refractivity contribution is 5.91. The average molecular weight is 533 g/mol. The van der Waals surface area contributed by atoms with Crippen molar-refractivity contribution in [1.82, 2.24) is 0 Å². The Morgan fingerprint density at radius 3 is 1.38 bits per heavy atom. The number of rotatable bonds is 6. The van der Waals surface area contributed by atoms with Gasteiger partial charge in [-0.3, -0.25) is 0 Å². The zero-order chi connectivity index (χ0) is 27.6. The fraction of sp³-hybridized carbons (Fsp3) is 0.300. The SMILES string of the molecule is CC1(C)O[C@@H]2[C@@H](OC(=O)c3ccccc3)[C@H](OC(=O)c3ccccc3)[C@H](OC(=O)c3ccccc3)[C@H](O)[C@H]2O1. The maximum absolute atomic E-state index is 13.2. The van der Waals surface area contributed by atoms with E-state index in [-0.39, 0.29) is 16.7 Å². The van der Waals surface area contributed by atoms with Gasteiger partial charge in [0.25, 0.3) is 0 Å². The minimum atomic E-state index is -1.47. The maximum Gasteiger partial charge on any atom is 0.338 e. The van der Waals surface area contributed by atoms with Gasteiger partial charge in [0.2, 0.25) is 0 Å². The first-order valence-electron chi connectivity index (χ1n) is 12.6. The molecule has 2 fully saturated rings. The van der Waals surface area contributed by atoms with E-state index in [0.717, 1.165) is 0 Å². The van der Waals surface area contributed by atoms with Crippen molar-refractivity contribution in [1.29, 1.82) is 0 Å². The smallest absolute Gasteiger partial charge is 0.338 e. The Balaban J connectivity index is 1.53. The Bertz CT molecular complexity index is 1310. The zero-order valence-electron chi connectivity index (χ0n) is 21.3. The van der Waals surface area contributed by atoms with E-state index in [9.17, 15) is 19.5 Å². The van der Waals surface area contributed by atoms with Crippen molar-refractivity contribution in [3.05, 3.63) is 108 Å². The number of fused-ring (bicyclic) bond motifs is 1. The van der Waals surface area contributed by atoms with Crippen LogP contribution in [0.5, 0.6) is 0 Å². The van der Waals surface area contributed by atoms with Crippen molar-refractivity contribution in [3.8, 4) is 0 Å². The zero-order valence-corrected chi connectivity index (χ0v) is 21.3. The van der Waals surface area contributed by atoms with Crippen LogP contribution in [0.2, 0.25) is 0 Å². The summed E-state index contributed by atoms with van der Waals surface area (Å²) >= 11 is 0. The molecule has 0 amide bonds. The van der Waals surface area contributed by atoms with E-state index in [1.807, 2.05) is 0 Å². The fourth-order valence-electron chi connectivity index (χ4n) is 4.79. The fourth-order valence-corrected chi connectivity index (χ4v) is 4.79. The van der Waals surface area contributed by atoms with Gasteiger partial charge in [-0.15, -0.1) is 0 Å². The lowest BCUT2D eigenvalue weighted by Gasteiger charge is -2.43. The molecule has 9 heteroatoms. The molecule has 0 unspecified atom stereocenters. The van der Waals surface area contributed by atoms with Crippen molar-refractivity contribution in [2.45, 2.75) is 56.3 Å². The molecular weight excluding hydrogens is 504 g/mol. The van der Waals surface area contributed by atoms with Gasteiger partial charge in [0.05, 0.1) is 16.7 Å². The molecule has 1 N–H and O–H groups in total. The summed E-state index contributed by atoms with van der Waals surface area (Å²) in [7, 11) is 0. The number of aliphatic hydroxyl groups excluding tert-OH is 1. The summed E-state index contributed by atoms with van der Waals surface area (Å²) in [6.45, 7) is 3.29. The van der Waals surface area contributed by atoms with E-state index in [2.05, 4.69) is 0 Å². The first-order valence-corrected chi connectivity index (χ1v) is 12.6. The third-order valence-corrected chi connectivity index (χ3v) is 6.57. The normalized spacial score (nSPS) is 27.2. The van der Waals surface area contributed by atoms with Crippen LogP contribution in [0.3, 0.4) is 0 Å². The van der Waals surface area contributed by atoms with Crippen molar-refractivity contribution < 1.29 is 43.2 Å². The standard InChI is InChI=1S/C30H28O9/c1-30(2)38-23-21(31)22(35-27(32)18-12-6-3-7-13-18)24(36-28(33)19-14-8-4-9-15-19)25(26(23)39-30)37-29(34)20-16-10-5-11-17-20/h3-17,21-26,31H,1-2H3/t21-,22+,23+,24+,25-,26-/m0/s1. The van der Waals surface area contributed by atoms with E-state index in [1.54, 1.807) is 105 Å². The Labute approximate surface area is 225 Å². The van der Waals surface area contributed by atoms with E-state index in [4.69, 9.17) is 23.7 Å². The molecular formula is C30H28O9. The molecule has 3 aromatic rings. The molecule has 1 saturated carbocycles. The third kappa shape index (κ3) is 5.70. The molecule has 0 spiro atoms. The number of benzene rings is 3. The highest BCUT2D eigenvalue weighted by Gasteiger charge is 2.62. The quantitative estimate of drug-likeness (QED) is 0.376. The van der Waals surface area contributed by atoms with Crippen molar-refractivity contribution in [2.75, 3.05) is 0 Å². The van der Waals surface area contributed by atoms with Crippen LogP contribution in [0.25, 0.3) is 0 Å². The summed E-state index contributed by atoms with van der Waals surface area (Å²) in [6, 6.07) is 24.6. The van der Waals surface area contributed by atoms with Gasteiger partial charge in [0.15, 0.2) is 24.1 Å². The molecule has 3 aromatic carbocycles.